The fourth-order valence-electron chi connectivity index (χ4n) is 3.25. The minimum absolute atomic E-state index is 0.0503. The molecule has 0 saturated heterocycles. The number of rotatable bonds is 9. The van der Waals surface area contributed by atoms with Gasteiger partial charge in [0, 0.05) is 45.8 Å². The molecule has 2 N–H and O–H groups in total. The maximum Gasteiger partial charge on any atom is 0.210 e. The van der Waals surface area contributed by atoms with Gasteiger partial charge in [0.15, 0.2) is 8.32 Å². The molecule has 2 aromatic heterocycles. The van der Waals surface area contributed by atoms with E-state index in [0.29, 0.717) is 18.2 Å². The van der Waals surface area contributed by atoms with Crippen LogP contribution in [0.15, 0.2) is 58.7 Å². The highest BCUT2D eigenvalue weighted by Crippen LogP contribution is 2.42. The minimum atomic E-state index is -1.96. The van der Waals surface area contributed by atoms with Crippen molar-refractivity contribution >= 4 is 43.0 Å². The third-order valence-corrected chi connectivity index (χ3v) is 14.3. The lowest BCUT2D eigenvalue weighted by atomic mass is 10.0. The standard InChI is InChI=1S/C28H38ClN3O3S2Si/c1-27(2,3)37(34)32-17-22-21(19-11-14-24(33)31-16-19)12-13-23(29)25(22)36-26-20(10-9-15-30-26)18-35-38(7,8)28(4,5)6/h9-16,32H,17-18H2,1-8H3,(H,31,33). The van der Waals surface area contributed by atoms with Crippen molar-refractivity contribution in [2.24, 2.45) is 0 Å². The van der Waals surface area contributed by atoms with Gasteiger partial charge in [-0.25, -0.2) is 9.97 Å². The minimum Gasteiger partial charge on any atom is -0.598 e. The molecule has 1 aromatic carbocycles. The highest BCUT2D eigenvalue weighted by Gasteiger charge is 2.37. The van der Waals surface area contributed by atoms with Gasteiger partial charge in [0.1, 0.15) is 9.77 Å². The van der Waals surface area contributed by atoms with E-state index < -0.39 is 24.4 Å². The van der Waals surface area contributed by atoms with Gasteiger partial charge in [-0.3, -0.25) is 0 Å². The molecule has 3 aromatic rings. The SMILES string of the molecule is CC(C)(C)[S+]([O-])NCc1c(-c2ccc(O)nc2)ccc(Cl)c1Sc1ncccc1CO[Si](C)(C)C(C)(C)C. The molecule has 6 nitrogen and oxygen atoms in total. The van der Waals surface area contributed by atoms with Crippen molar-refractivity contribution in [3.05, 3.63) is 64.9 Å². The van der Waals surface area contributed by atoms with Crippen LogP contribution in [0.2, 0.25) is 23.2 Å². The molecule has 0 radical (unpaired) electrons. The van der Waals surface area contributed by atoms with Crippen LogP contribution in [-0.4, -0.2) is 32.7 Å². The summed E-state index contributed by atoms with van der Waals surface area (Å²) in [4.78, 5) is 9.56. The van der Waals surface area contributed by atoms with Crippen molar-refractivity contribution in [3.63, 3.8) is 0 Å². The molecule has 2 heterocycles. The molecule has 1 unspecified atom stereocenters. The number of halogens is 1. The Labute approximate surface area is 240 Å². The lowest BCUT2D eigenvalue weighted by Gasteiger charge is -2.36. The van der Waals surface area contributed by atoms with Gasteiger partial charge in [0.05, 0.1) is 18.2 Å². The van der Waals surface area contributed by atoms with Crippen molar-refractivity contribution in [2.45, 2.75) is 87.5 Å². The summed E-state index contributed by atoms with van der Waals surface area (Å²) in [6.45, 7) is 17.7. The monoisotopic (exact) mass is 591 g/mol. The summed E-state index contributed by atoms with van der Waals surface area (Å²) in [6.07, 6.45) is 3.39. The van der Waals surface area contributed by atoms with Gasteiger partial charge >= 0.3 is 0 Å². The highest BCUT2D eigenvalue weighted by molar-refractivity contribution is 7.99. The van der Waals surface area contributed by atoms with Gasteiger partial charge < -0.3 is 14.1 Å². The summed E-state index contributed by atoms with van der Waals surface area (Å²) in [5.41, 5.74) is 3.58. The van der Waals surface area contributed by atoms with E-state index in [1.165, 1.54) is 11.8 Å². The Hall–Kier alpha value is -1.59. The summed E-state index contributed by atoms with van der Waals surface area (Å²) in [6, 6.07) is 11.1. The molecular formula is C28H38ClN3O3S2Si. The van der Waals surface area contributed by atoms with E-state index in [4.69, 9.17) is 16.0 Å². The first-order chi connectivity index (χ1) is 17.6. The largest absolute Gasteiger partial charge is 0.598 e. The van der Waals surface area contributed by atoms with Crippen molar-refractivity contribution in [3.8, 4) is 17.0 Å². The molecule has 0 aliphatic rings. The normalized spacial score (nSPS) is 13.5. The second kappa shape index (κ2) is 12.3. The first kappa shape index (κ1) is 30.9. The Bertz CT molecular complexity index is 1250. The molecule has 0 aliphatic heterocycles. The average molecular weight is 592 g/mol. The average Bonchev–Trinajstić information content (AvgIpc) is 2.83. The third kappa shape index (κ3) is 7.75. The smallest absolute Gasteiger partial charge is 0.210 e. The lowest BCUT2D eigenvalue weighted by Crippen LogP contribution is -2.40. The predicted molar refractivity (Wildman–Crippen MR) is 161 cm³/mol. The second-order valence-electron chi connectivity index (χ2n) is 11.6. The third-order valence-electron chi connectivity index (χ3n) is 6.65. The Balaban J connectivity index is 2.03. The predicted octanol–water partition coefficient (Wildman–Crippen LogP) is 7.73. The molecule has 0 spiro atoms. The van der Waals surface area contributed by atoms with Gasteiger partial charge in [-0.05, 0) is 68.2 Å². The summed E-state index contributed by atoms with van der Waals surface area (Å²) in [5, 5.41) is 11.2. The molecule has 3 rings (SSSR count). The van der Waals surface area contributed by atoms with Gasteiger partial charge in [0.2, 0.25) is 5.88 Å². The zero-order valence-corrected chi connectivity index (χ0v) is 26.8. The van der Waals surface area contributed by atoms with Gasteiger partial charge in [-0.2, -0.15) is 0 Å². The molecular weight excluding hydrogens is 554 g/mol. The number of benzene rings is 1. The van der Waals surface area contributed by atoms with E-state index in [1.807, 2.05) is 51.1 Å². The first-order valence-corrected chi connectivity index (χ1v) is 17.7. The van der Waals surface area contributed by atoms with E-state index in [2.05, 4.69) is 48.6 Å². The molecule has 0 aliphatic carbocycles. The summed E-state index contributed by atoms with van der Waals surface area (Å²) < 4.78 is 22.1. The first-order valence-electron chi connectivity index (χ1n) is 12.5. The maximum atomic E-state index is 12.9. The van der Waals surface area contributed by atoms with E-state index >= 15 is 0 Å². The fourth-order valence-corrected chi connectivity index (χ4v) is 6.24. The number of nitrogens with zero attached hydrogens (tertiary/aromatic N) is 2. The number of aromatic hydroxyl groups is 1. The Morgan fingerprint density at radius 3 is 2.39 bits per heavy atom. The van der Waals surface area contributed by atoms with Crippen molar-refractivity contribution < 1.29 is 14.1 Å². The molecule has 1 atom stereocenters. The maximum absolute atomic E-state index is 12.9. The van der Waals surface area contributed by atoms with Crippen LogP contribution in [0.4, 0.5) is 0 Å². The summed E-state index contributed by atoms with van der Waals surface area (Å²) in [7, 11) is -1.96. The van der Waals surface area contributed by atoms with Crippen LogP contribution in [-0.2, 0) is 28.9 Å². The second-order valence-corrected chi connectivity index (χ2v) is 19.9. The molecule has 0 fully saturated rings. The van der Waals surface area contributed by atoms with Crippen LogP contribution in [0.3, 0.4) is 0 Å². The zero-order valence-electron chi connectivity index (χ0n) is 23.4. The molecule has 0 amide bonds. The van der Waals surface area contributed by atoms with Crippen LogP contribution >= 0.6 is 23.4 Å². The highest BCUT2D eigenvalue weighted by atomic mass is 35.5. The van der Waals surface area contributed by atoms with Gasteiger partial charge in [-0.15, -0.1) is 4.72 Å². The van der Waals surface area contributed by atoms with E-state index in [0.717, 1.165) is 32.2 Å². The number of aromatic nitrogens is 2. The van der Waals surface area contributed by atoms with Crippen LogP contribution < -0.4 is 4.72 Å². The number of pyridine rings is 2. The van der Waals surface area contributed by atoms with Crippen LogP contribution in [0.5, 0.6) is 5.88 Å². The van der Waals surface area contributed by atoms with Crippen LogP contribution in [0.1, 0.15) is 52.7 Å². The van der Waals surface area contributed by atoms with Crippen molar-refractivity contribution in [1.29, 1.82) is 0 Å². The molecule has 38 heavy (non-hydrogen) atoms. The van der Waals surface area contributed by atoms with Gasteiger partial charge in [-0.1, -0.05) is 56.3 Å². The Morgan fingerprint density at radius 2 is 1.79 bits per heavy atom. The van der Waals surface area contributed by atoms with Gasteiger partial charge in [0.25, 0.3) is 0 Å². The topological polar surface area (TPSA) is 90.3 Å². The van der Waals surface area contributed by atoms with E-state index in [9.17, 15) is 9.66 Å². The van der Waals surface area contributed by atoms with Crippen LogP contribution in [0.25, 0.3) is 11.1 Å². The van der Waals surface area contributed by atoms with Crippen molar-refractivity contribution in [1.82, 2.24) is 14.7 Å². The Kier molecular flexibility index (Phi) is 10.0. The summed E-state index contributed by atoms with van der Waals surface area (Å²) >= 11 is 7.00. The molecule has 206 valence electrons. The van der Waals surface area contributed by atoms with Crippen LogP contribution in [0, 0.1) is 0 Å². The number of nitrogens with one attached hydrogen (secondary N) is 1. The quantitative estimate of drug-likeness (QED) is 0.194. The molecule has 0 saturated carbocycles. The number of hydrogen-bond donors (Lipinski definition) is 2. The van der Waals surface area contributed by atoms with E-state index in [1.54, 1.807) is 18.5 Å². The summed E-state index contributed by atoms with van der Waals surface area (Å²) in [5.74, 6) is -0.0503. The lowest BCUT2D eigenvalue weighted by molar-refractivity contribution is 0.273. The van der Waals surface area contributed by atoms with Crippen molar-refractivity contribution in [2.75, 3.05) is 0 Å². The number of hydrogen-bond acceptors (Lipinski definition) is 7. The Morgan fingerprint density at radius 1 is 1.08 bits per heavy atom. The molecule has 10 heteroatoms. The zero-order chi connectivity index (χ0) is 28.3. The molecule has 0 bridgehead atoms. The fraction of sp³-hybridized carbons (Fsp3) is 0.429. The van der Waals surface area contributed by atoms with E-state index in [-0.39, 0.29) is 10.9 Å².